The number of halogens is 2. The zero-order valence-electron chi connectivity index (χ0n) is 16.7. The van der Waals surface area contributed by atoms with Crippen LogP contribution in [0.1, 0.15) is 11.1 Å². The fourth-order valence-corrected chi connectivity index (χ4v) is 4.14. The van der Waals surface area contributed by atoms with Crippen molar-refractivity contribution < 1.29 is 18.3 Å². The average molecular weight is 442 g/mol. The number of amides is 1. The highest BCUT2D eigenvalue weighted by Gasteiger charge is 2.25. The maximum Gasteiger partial charge on any atom is 0.387 e. The Kier molecular flexibility index (Phi) is 6.57. The normalized spacial score (nSPS) is 14.7. The number of nitrogens with zero attached hydrogens (tertiary/aromatic N) is 3. The monoisotopic (exact) mass is 441 g/mol. The molecule has 1 amide bonds. The van der Waals surface area contributed by atoms with Gasteiger partial charge in [0.05, 0.1) is 0 Å². The largest absolute Gasteiger partial charge is 0.435 e. The summed E-state index contributed by atoms with van der Waals surface area (Å²) in [5.74, 6) is 0.0240. The molecule has 0 N–H and O–H groups in total. The Hall–Kier alpha value is -3.26. The lowest BCUT2D eigenvalue weighted by Gasteiger charge is -2.35. The van der Waals surface area contributed by atoms with Gasteiger partial charge in [0.25, 0.3) is 5.91 Å². The van der Waals surface area contributed by atoms with Crippen LogP contribution in [-0.2, 0) is 4.79 Å². The van der Waals surface area contributed by atoms with Crippen molar-refractivity contribution in [2.24, 2.45) is 0 Å². The van der Waals surface area contributed by atoms with Crippen molar-refractivity contribution in [1.82, 2.24) is 9.88 Å². The van der Waals surface area contributed by atoms with Crippen molar-refractivity contribution >= 4 is 34.0 Å². The summed E-state index contributed by atoms with van der Waals surface area (Å²) in [5, 5.41) is 2.91. The first-order valence-corrected chi connectivity index (χ1v) is 10.7. The van der Waals surface area contributed by atoms with E-state index in [0.717, 1.165) is 29.3 Å². The van der Waals surface area contributed by atoms with Crippen LogP contribution >= 0.6 is 11.3 Å². The van der Waals surface area contributed by atoms with Crippen LogP contribution in [0.5, 0.6) is 5.75 Å². The summed E-state index contributed by atoms with van der Waals surface area (Å²) in [6.07, 6.45) is 3.57. The maximum atomic E-state index is 13.4. The summed E-state index contributed by atoms with van der Waals surface area (Å²) in [6.45, 7) is -0.221. The number of aromatic nitrogens is 1. The van der Waals surface area contributed by atoms with Crippen molar-refractivity contribution in [2.45, 2.75) is 6.61 Å². The molecule has 0 saturated carbocycles. The summed E-state index contributed by atoms with van der Waals surface area (Å²) >= 11 is 1.59. The summed E-state index contributed by atoms with van der Waals surface area (Å²) in [7, 11) is 0. The predicted octanol–water partition coefficient (Wildman–Crippen LogP) is 4.63. The topological polar surface area (TPSA) is 45.7 Å². The number of anilines is 1. The van der Waals surface area contributed by atoms with Crippen molar-refractivity contribution in [1.29, 1.82) is 0 Å². The first kappa shape index (κ1) is 21.0. The number of benzene rings is 2. The molecule has 3 aromatic rings. The number of carbonyl (C=O) groups excluding carboxylic acids is 1. The van der Waals surface area contributed by atoms with Gasteiger partial charge in [-0.2, -0.15) is 8.78 Å². The number of hydrogen-bond acceptors (Lipinski definition) is 5. The third-order valence-corrected chi connectivity index (χ3v) is 5.82. The molecule has 8 heteroatoms. The van der Waals surface area contributed by atoms with E-state index in [1.54, 1.807) is 35.7 Å². The molecule has 1 aliphatic heterocycles. The van der Waals surface area contributed by atoms with Gasteiger partial charge in [0.15, 0.2) is 5.13 Å². The average Bonchev–Trinajstić information content (AvgIpc) is 3.33. The Labute approximate surface area is 183 Å². The Balaban J connectivity index is 1.54. The van der Waals surface area contributed by atoms with Gasteiger partial charge in [-0.1, -0.05) is 42.5 Å². The fraction of sp³-hybridized carbons (Fsp3) is 0.217. The van der Waals surface area contributed by atoms with Crippen molar-refractivity contribution in [3.63, 3.8) is 0 Å². The number of alkyl halides is 2. The van der Waals surface area contributed by atoms with Gasteiger partial charge < -0.3 is 14.5 Å². The minimum atomic E-state index is -2.87. The van der Waals surface area contributed by atoms with E-state index in [2.05, 4.69) is 14.6 Å². The van der Waals surface area contributed by atoms with Crippen LogP contribution in [0, 0.1) is 0 Å². The van der Waals surface area contributed by atoms with Gasteiger partial charge in [-0.05, 0) is 29.3 Å². The van der Waals surface area contributed by atoms with E-state index in [4.69, 9.17) is 0 Å². The summed E-state index contributed by atoms with van der Waals surface area (Å²) in [5.41, 5.74) is 2.10. The van der Waals surface area contributed by atoms with Crippen LogP contribution in [0.4, 0.5) is 13.9 Å². The molecule has 5 nitrogen and oxygen atoms in total. The molecule has 160 valence electrons. The van der Waals surface area contributed by atoms with Gasteiger partial charge >= 0.3 is 6.61 Å². The van der Waals surface area contributed by atoms with Crippen LogP contribution in [0.3, 0.4) is 0 Å². The van der Waals surface area contributed by atoms with Gasteiger partial charge in [0, 0.05) is 43.3 Å². The molecule has 1 fully saturated rings. The Morgan fingerprint density at radius 1 is 1.03 bits per heavy atom. The lowest BCUT2D eigenvalue weighted by Crippen LogP contribution is -2.49. The molecular weight excluding hydrogens is 420 g/mol. The molecule has 31 heavy (non-hydrogen) atoms. The number of ether oxygens (including phenoxy) is 1. The summed E-state index contributed by atoms with van der Waals surface area (Å²) in [6, 6.07) is 15.7. The second kappa shape index (κ2) is 9.70. The lowest BCUT2D eigenvalue weighted by atomic mass is 10.0. The standard InChI is InChI=1S/C23H21F2N3O2S/c24-22(25)30-19-8-6-17(7-9-19)16-20(18-4-2-1-3-5-18)21(29)27-11-13-28(14-12-27)23-26-10-15-31-23/h1-10,15-16,22H,11-14H2. The first-order chi connectivity index (χ1) is 15.1. The van der Waals surface area contributed by atoms with Crippen LogP contribution in [0.15, 0.2) is 66.2 Å². The molecule has 0 unspecified atom stereocenters. The zero-order chi connectivity index (χ0) is 21.6. The SMILES string of the molecule is O=C(C(=Cc1ccc(OC(F)F)cc1)c1ccccc1)N1CCN(c2nccs2)CC1. The van der Waals surface area contributed by atoms with Gasteiger partial charge in [-0.15, -0.1) is 11.3 Å². The van der Waals surface area contributed by atoms with Crippen molar-refractivity contribution in [3.8, 4) is 5.75 Å². The summed E-state index contributed by atoms with van der Waals surface area (Å²) < 4.78 is 29.2. The number of piperazine rings is 1. The van der Waals surface area contributed by atoms with Crippen LogP contribution in [-0.4, -0.2) is 48.6 Å². The highest BCUT2D eigenvalue weighted by molar-refractivity contribution is 7.13. The molecule has 2 heterocycles. The smallest absolute Gasteiger partial charge is 0.387 e. The van der Waals surface area contributed by atoms with E-state index in [9.17, 15) is 13.6 Å². The number of hydrogen-bond donors (Lipinski definition) is 0. The van der Waals surface area contributed by atoms with E-state index in [0.29, 0.717) is 18.7 Å². The molecule has 2 aromatic carbocycles. The second-order valence-electron chi connectivity index (χ2n) is 6.97. The predicted molar refractivity (Wildman–Crippen MR) is 118 cm³/mol. The minimum Gasteiger partial charge on any atom is -0.435 e. The quantitative estimate of drug-likeness (QED) is 0.413. The minimum absolute atomic E-state index is 0.0575. The molecule has 0 bridgehead atoms. The number of thiazole rings is 1. The van der Waals surface area contributed by atoms with E-state index in [1.165, 1.54) is 12.1 Å². The van der Waals surface area contributed by atoms with Crippen LogP contribution < -0.4 is 9.64 Å². The Bertz CT molecular complexity index is 1020. The third kappa shape index (κ3) is 5.27. The third-order valence-electron chi connectivity index (χ3n) is 4.99. The second-order valence-corrected chi connectivity index (χ2v) is 7.84. The zero-order valence-corrected chi connectivity index (χ0v) is 17.5. The first-order valence-electron chi connectivity index (χ1n) is 9.86. The van der Waals surface area contributed by atoms with Gasteiger partial charge in [0.1, 0.15) is 5.75 Å². The van der Waals surface area contributed by atoms with E-state index >= 15 is 0 Å². The molecule has 4 rings (SSSR count). The number of carbonyl (C=O) groups is 1. The fourth-order valence-electron chi connectivity index (χ4n) is 3.44. The van der Waals surface area contributed by atoms with Gasteiger partial charge in [-0.25, -0.2) is 4.98 Å². The van der Waals surface area contributed by atoms with Gasteiger partial charge in [-0.3, -0.25) is 4.79 Å². The molecule has 0 aliphatic carbocycles. The molecule has 0 radical (unpaired) electrons. The molecule has 1 saturated heterocycles. The number of rotatable bonds is 6. The maximum absolute atomic E-state index is 13.4. The highest BCUT2D eigenvalue weighted by atomic mass is 32.1. The molecule has 1 aromatic heterocycles. The van der Waals surface area contributed by atoms with Crippen molar-refractivity contribution in [2.75, 3.05) is 31.1 Å². The molecule has 1 aliphatic rings. The lowest BCUT2D eigenvalue weighted by molar-refractivity contribution is -0.125. The molecular formula is C23H21F2N3O2S. The van der Waals surface area contributed by atoms with Crippen LogP contribution in [0.2, 0.25) is 0 Å². The molecule has 0 atom stereocenters. The van der Waals surface area contributed by atoms with E-state index in [-0.39, 0.29) is 11.7 Å². The Morgan fingerprint density at radius 3 is 2.35 bits per heavy atom. The van der Waals surface area contributed by atoms with E-state index in [1.807, 2.05) is 40.6 Å². The highest BCUT2D eigenvalue weighted by Crippen LogP contribution is 2.25. The summed E-state index contributed by atoms with van der Waals surface area (Å²) in [4.78, 5) is 21.8. The van der Waals surface area contributed by atoms with Gasteiger partial charge in [0.2, 0.25) is 0 Å². The molecule has 0 spiro atoms. The van der Waals surface area contributed by atoms with Crippen LogP contribution in [0.25, 0.3) is 11.6 Å². The van der Waals surface area contributed by atoms with Crippen molar-refractivity contribution in [3.05, 3.63) is 77.3 Å². The van der Waals surface area contributed by atoms with E-state index < -0.39 is 6.61 Å². The Morgan fingerprint density at radius 2 is 1.74 bits per heavy atom.